The minimum atomic E-state index is -0.578. The fraction of sp³-hybridized carbons (Fsp3) is 0.391. The highest BCUT2D eigenvalue weighted by Crippen LogP contribution is 2.29. The Bertz CT molecular complexity index is 1030. The quantitative estimate of drug-likeness (QED) is 0.589. The second-order valence-electron chi connectivity index (χ2n) is 8.61. The van der Waals surface area contributed by atoms with E-state index < -0.39 is 6.04 Å². The molecule has 0 spiro atoms. The summed E-state index contributed by atoms with van der Waals surface area (Å²) in [6.45, 7) is 3.82. The largest absolute Gasteiger partial charge is 0.322 e. The number of imide groups is 1. The number of fused-ring (bicyclic) bond motifs is 1. The molecule has 3 aliphatic heterocycles. The number of nitrogens with one attached hydrogen (secondary N) is 3. The number of nitrogens with zero attached hydrogens (tertiary/aromatic N) is 2. The summed E-state index contributed by atoms with van der Waals surface area (Å²) in [5.74, 6) is -0.791. The smallest absolute Gasteiger partial charge is 0.255 e. The zero-order valence-electron chi connectivity index (χ0n) is 17.2. The van der Waals surface area contributed by atoms with Gasteiger partial charge in [0.05, 0.1) is 0 Å². The number of hydrogen-bond donors (Lipinski definition) is 3. The van der Waals surface area contributed by atoms with Gasteiger partial charge < -0.3 is 15.5 Å². The lowest BCUT2D eigenvalue weighted by Gasteiger charge is -2.43. The van der Waals surface area contributed by atoms with Crippen molar-refractivity contribution in [3.05, 3.63) is 65.0 Å². The van der Waals surface area contributed by atoms with E-state index in [0.29, 0.717) is 25.1 Å². The molecule has 31 heavy (non-hydrogen) atoms. The Hall–Kier alpha value is -3.10. The predicted octanol–water partition coefficient (Wildman–Crippen LogP) is 0.473. The third-order valence-electron chi connectivity index (χ3n) is 6.60. The first-order valence-corrected chi connectivity index (χ1v) is 10.6. The third-order valence-corrected chi connectivity index (χ3v) is 6.60. The maximum absolute atomic E-state index is 12.8. The topological polar surface area (TPSA) is 103 Å². The summed E-state index contributed by atoms with van der Waals surface area (Å²) < 4.78 is 0. The van der Waals surface area contributed by atoms with Gasteiger partial charge in [0.15, 0.2) is 0 Å². The Balaban J connectivity index is 1.24. The van der Waals surface area contributed by atoms with Crippen LogP contribution in [-0.4, -0.2) is 53.3 Å². The van der Waals surface area contributed by atoms with Crippen LogP contribution in [0.5, 0.6) is 0 Å². The Morgan fingerprint density at radius 3 is 2.65 bits per heavy atom. The van der Waals surface area contributed by atoms with Crippen LogP contribution in [0.2, 0.25) is 0 Å². The van der Waals surface area contributed by atoms with Crippen molar-refractivity contribution in [2.45, 2.75) is 37.4 Å². The molecular formula is C23H25N5O3. The maximum Gasteiger partial charge on any atom is 0.255 e. The fourth-order valence-electron chi connectivity index (χ4n) is 4.75. The van der Waals surface area contributed by atoms with Gasteiger partial charge in [0, 0.05) is 62.5 Å². The second-order valence-corrected chi connectivity index (χ2v) is 8.61. The summed E-state index contributed by atoms with van der Waals surface area (Å²) in [7, 11) is 0. The second kappa shape index (κ2) is 7.86. The summed E-state index contributed by atoms with van der Waals surface area (Å²) in [5.41, 5.74) is 4.05. The molecule has 2 saturated heterocycles. The zero-order valence-corrected chi connectivity index (χ0v) is 17.2. The first kappa shape index (κ1) is 19.8. The van der Waals surface area contributed by atoms with Crippen LogP contribution in [0.25, 0.3) is 0 Å². The molecule has 3 N–H and O–H groups in total. The molecule has 0 bridgehead atoms. The third kappa shape index (κ3) is 3.62. The molecule has 0 saturated carbocycles. The minimum Gasteiger partial charge on any atom is -0.322 e. The molecule has 0 radical (unpaired) electrons. The van der Waals surface area contributed by atoms with E-state index in [-0.39, 0.29) is 29.6 Å². The molecule has 1 atom stereocenters. The van der Waals surface area contributed by atoms with Gasteiger partial charge in [0.25, 0.3) is 5.91 Å². The van der Waals surface area contributed by atoms with Crippen molar-refractivity contribution >= 4 is 17.7 Å². The molecule has 0 aliphatic carbocycles. The van der Waals surface area contributed by atoms with Crippen molar-refractivity contribution in [2.24, 2.45) is 0 Å². The van der Waals surface area contributed by atoms with Gasteiger partial charge in [0.2, 0.25) is 11.8 Å². The van der Waals surface area contributed by atoms with E-state index in [1.165, 1.54) is 5.56 Å². The highest BCUT2D eigenvalue weighted by Gasteiger charge is 2.40. The van der Waals surface area contributed by atoms with E-state index in [1.807, 2.05) is 30.6 Å². The SMILES string of the molecule is O=C1CCC(N2Cc3cc(CNCC4(c5ccncc5)CNC4)ccc3C2=O)C(=O)N1. The summed E-state index contributed by atoms with van der Waals surface area (Å²) in [6, 6.07) is 9.44. The van der Waals surface area contributed by atoms with Crippen LogP contribution in [0, 0.1) is 0 Å². The van der Waals surface area contributed by atoms with Crippen LogP contribution in [-0.2, 0) is 28.1 Å². The Morgan fingerprint density at radius 1 is 1.13 bits per heavy atom. The van der Waals surface area contributed by atoms with E-state index in [9.17, 15) is 14.4 Å². The number of carbonyl (C=O) groups is 3. The van der Waals surface area contributed by atoms with Gasteiger partial charge in [-0.3, -0.25) is 24.7 Å². The standard InChI is InChI=1S/C23H25N5O3/c29-20-4-3-19(21(30)27-20)28-11-16-9-15(1-2-18(16)22(28)31)10-25-12-23(13-26-14-23)17-5-7-24-8-6-17/h1-2,5-9,19,25-26H,3-4,10-14H2,(H,27,29,30). The van der Waals surface area contributed by atoms with Gasteiger partial charge in [0.1, 0.15) is 6.04 Å². The molecule has 1 unspecified atom stereocenters. The minimum absolute atomic E-state index is 0.0816. The summed E-state index contributed by atoms with van der Waals surface area (Å²) >= 11 is 0. The number of aromatic nitrogens is 1. The van der Waals surface area contributed by atoms with E-state index in [0.717, 1.165) is 30.8 Å². The van der Waals surface area contributed by atoms with E-state index in [2.05, 4.69) is 33.1 Å². The Morgan fingerprint density at radius 2 is 1.94 bits per heavy atom. The number of pyridine rings is 1. The number of amides is 3. The molecule has 4 heterocycles. The van der Waals surface area contributed by atoms with Crippen molar-refractivity contribution in [3.8, 4) is 0 Å². The van der Waals surface area contributed by atoms with Crippen LogP contribution < -0.4 is 16.0 Å². The van der Waals surface area contributed by atoms with Crippen molar-refractivity contribution in [1.29, 1.82) is 0 Å². The Kier molecular flexibility index (Phi) is 5.03. The summed E-state index contributed by atoms with van der Waals surface area (Å²) in [4.78, 5) is 42.1. The van der Waals surface area contributed by atoms with Crippen LogP contribution in [0.15, 0.2) is 42.7 Å². The molecule has 3 aliphatic rings. The fourth-order valence-corrected chi connectivity index (χ4v) is 4.75. The van der Waals surface area contributed by atoms with E-state index in [1.54, 1.807) is 4.90 Å². The lowest BCUT2D eigenvalue weighted by Crippen LogP contribution is -2.61. The summed E-state index contributed by atoms with van der Waals surface area (Å²) in [6.07, 6.45) is 4.31. The van der Waals surface area contributed by atoms with Gasteiger partial charge >= 0.3 is 0 Å². The molecule has 8 nitrogen and oxygen atoms in total. The monoisotopic (exact) mass is 419 g/mol. The van der Waals surface area contributed by atoms with Crippen LogP contribution in [0.1, 0.15) is 39.9 Å². The van der Waals surface area contributed by atoms with Gasteiger partial charge in [-0.05, 0) is 41.3 Å². The van der Waals surface area contributed by atoms with Crippen LogP contribution in [0.3, 0.4) is 0 Å². The number of hydrogen-bond acceptors (Lipinski definition) is 6. The zero-order chi connectivity index (χ0) is 21.4. The van der Waals surface area contributed by atoms with Crippen LogP contribution >= 0.6 is 0 Å². The van der Waals surface area contributed by atoms with Gasteiger partial charge in [-0.1, -0.05) is 12.1 Å². The number of rotatable bonds is 6. The lowest BCUT2D eigenvalue weighted by molar-refractivity contribution is -0.136. The van der Waals surface area contributed by atoms with E-state index in [4.69, 9.17) is 0 Å². The van der Waals surface area contributed by atoms with Crippen molar-refractivity contribution in [2.75, 3.05) is 19.6 Å². The number of carbonyl (C=O) groups excluding carboxylic acids is 3. The van der Waals surface area contributed by atoms with Crippen molar-refractivity contribution in [1.82, 2.24) is 25.8 Å². The highest BCUT2D eigenvalue weighted by molar-refractivity contribution is 6.05. The first-order valence-electron chi connectivity index (χ1n) is 10.6. The number of piperidine rings is 1. The lowest BCUT2D eigenvalue weighted by atomic mass is 9.75. The average Bonchev–Trinajstić information content (AvgIpc) is 3.06. The average molecular weight is 419 g/mol. The summed E-state index contributed by atoms with van der Waals surface area (Å²) in [5, 5.41) is 9.29. The van der Waals surface area contributed by atoms with Crippen molar-refractivity contribution in [3.63, 3.8) is 0 Å². The molecule has 2 aromatic rings. The van der Waals surface area contributed by atoms with E-state index >= 15 is 0 Å². The molecule has 8 heteroatoms. The van der Waals surface area contributed by atoms with Crippen LogP contribution in [0.4, 0.5) is 0 Å². The molecule has 160 valence electrons. The van der Waals surface area contributed by atoms with Crippen molar-refractivity contribution < 1.29 is 14.4 Å². The van der Waals surface area contributed by atoms with Gasteiger partial charge in [-0.2, -0.15) is 0 Å². The highest BCUT2D eigenvalue weighted by atomic mass is 16.2. The number of benzene rings is 1. The maximum atomic E-state index is 12.8. The molecule has 5 rings (SSSR count). The van der Waals surface area contributed by atoms with Gasteiger partial charge in [-0.25, -0.2) is 0 Å². The molecular weight excluding hydrogens is 394 g/mol. The first-order chi connectivity index (χ1) is 15.1. The molecule has 3 amide bonds. The Labute approximate surface area is 180 Å². The van der Waals surface area contributed by atoms with Gasteiger partial charge in [-0.15, -0.1) is 0 Å². The normalized spacial score (nSPS) is 22.1. The molecule has 1 aromatic heterocycles. The predicted molar refractivity (Wildman–Crippen MR) is 113 cm³/mol. The molecule has 1 aromatic carbocycles. The molecule has 2 fully saturated rings.